The number of ether oxygens (including phenoxy) is 1. The zero-order valence-corrected chi connectivity index (χ0v) is 15.3. The molecule has 1 saturated heterocycles. The summed E-state index contributed by atoms with van der Waals surface area (Å²) < 4.78 is 5.39. The molecule has 0 saturated carbocycles. The van der Waals surface area contributed by atoms with Crippen molar-refractivity contribution in [1.82, 2.24) is 14.9 Å². The third-order valence-electron chi connectivity index (χ3n) is 3.58. The summed E-state index contributed by atoms with van der Waals surface area (Å²) in [5, 5.41) is 3.22. The molecule has 0 unspecified atom stereocenters. The Morgan fingerprint density at radius 3 is 2.58 bits per heavy atom. The van der Waals surface area contributed by atoms with E-state index in [-0.39, 0.29) is 24.1 Å². The lowest BCUT2D eigenvalue weighted by Crippen LogP contribution is -2.60. The molecule has 1 aliphatic heterocycles. The fraction of sp³-hybridized carbons (Fsp3) is 0.688. The fourth-order valence-electron chi connectivity index (χ4n) is 2.35. The van der Waals surface area contributed by atoms with Gasteiger partial charge in [0.1, 0.15) is 17.2 Å². The van der Waals surface area contributed by atoms with E-state index in [1.807, 2.05) is 40.7 Å². The monoisotopic (exact) mass is 336 g/mol. The number of nitrogen functional groups attached to an aromatic ring is 1. The minimum Gasteiger partial charge on any atom is -0.444 e. The van der Waals surface area contributed by atoms with E-state index in [0.717, 1.165) is 5.82 Å². The van der Waals surface area contributed by atoms with Crippen LogP contribution in [0.25, 0.3) is 0 Å². The first kappa shape index (κ1) is 18.1. The lowest BCUT2D eigenvalue weighted by molar-refractivity contribution is 0.0196. The number of carbonyl (C=O) groups excluding carboxylic acids is 1. The summed E-state index contributed by atoms with van der Waals surface area (Å²) >= 11 is 0. The molecule has 1 fully saturated rings. The van der Waals surface area contributed by atoms with Gasteiger partial charge in [-0.15, -0.1) is 0 Å². The number of hydrogen-bond donors (Lipinski definition) is 2. The second-order valence-corrected chi connectivity index (χ2v) is 7.42. The van der Waals surface area contributed by atoms with E-state index in [9.17, 15) is 4.79 Å². The van der Waals surface area contributed by atoms with Crippen LogP contribution in [0.2, 0.25) is 0 Å². The van der Waals surface area contributed by atoms with Crippen LogP contribution in [0.15, 0.2) is 6.07 Å². The summed E-state index contributed by atoms with van der Waals surface area (Å²) in [6.45, 7) is 11.0. The second kappa shape index (κ2) is 6.70. The van der Waals surface area contributed by atoms with E-state index in [4.69, 9.17) is 10.5 Å². The van der Waals surface area contributed by atoms with Crippen molar-refractivity contribution in [2.24, 2.45) is 0 Å². The number of aromatic nitrogens is 2. The first-order valence-corrected chi connectivity index (χ1v) is 8.17. The van der Waals surface area contributed by atoms with E-state index >= 15 is 0 Å². The van der Waals surface area contributed by atoms with Crippen LogP contribution in [0.4, 0.5) is 22.4 Å². The highest BCUT2D eigenvalue weighted by Crippen LogP contribution is 2.25. The summed E-state index contributed by atoms with van der Waals surface area (Å²) in [6.07, 6.45) is -0.309. The zero-order chi connectivity index (χ0) is 18.1. The van der Waals surface area contributed by atoms with Crippen LogP contribution in [0.5, 0.6) is 0 Å². The van der Waals surface area contributed by atoms with Crippen molar-refractivity contribution in [3.8, 4) is 0 Å². The van der Waals surface area contributed by atoms with Gasteiger partial charge in [-0.25, -0.2) is 4.79 Å². The van der Waals surface area contributed by atoms with Crippen LogP contribution in [0, 0.1) is 0 Å². The fourth-order valence-corrected chi connectivity index (χ4v) is 2.35. The molecule has 24 heavy (non-hydrogen) atoms. The maximum absolute atomic E-state index is 12.1. The van der Waals surface area contributed by atoms with Gasteiger partial charge in [-0.3, -0.25) is 0 Å². The van der Waals surface area contributed by atoms with Gasteiger partial charge in [0, 0.05) is 32.2 Å². The first-order valence-electron chi connectivity index (χ1n) is 8.17. The summed E-state index contributed by atoms with van der Waals surface area (Å²) in [6, 6.07) is 2.23. The van der Waals surface area contributed by atoms with Crippen molar-refractivity contribution in [3.63, 3.8) is 0 Å². The molecule has 0 atom stereocenters. The van der Waals surface area contributed by atoms with Crippen molar-refractivity contribution in [2.75, 3.05) is 36.1 Å². The quantitative estimate of drug-likeness (QED) is 0.867. The minimum absolute atomic E-state index is 0.0950. The third kappa shape index (κ3) is 4.62. The van der Waals surface area contributed by atoms with Crippen molar-refractivity contribution in [2.45, 2.75) is 52.3 Å². The Labute approximate surface area is 143 Å². The lowest BCUT2D eigenvalue weighted by Gasteiger charge is -2.44. The van der Waals surface area contributed by atoms with Gasteiger partial charge in [0.2, 0.25) is 5.95 Å². The molecule has 8 nitrogen and oxygen atoms in total. The first-order chi connectivity index (χ1) is 11.0. The van der Waals surface area contributed by atoms with E-state index in [1.165, 1.54) is 0 Å². The maximum Gasteiger partial charge on any atom is 0.410 e. The average Bonchev–Trinajstić information content (AvgIpc) is 2.32. The van der Waals surface area contributed by atoms with E-state index in [0.29, 0.717) is 18.9 Å². The average molecular weight is 336 g/mol. The van der Waals surface area contributed by atoms with E-state index in [1.54, 1.807) is 11.9 Å². The normalized spacial score (nSPS) is 15.2. The summed E-state index contributed by atoms with van der Waals surface area (Å²) in [5.41, 5.74) is 5.30. The van der Waals surface area contributed by atoms with E-state index < -0.39 is 5.60 Å². The largest absolute Gasteiger partial charge is 0.444 e. The summed E-state index contributed by atoms with van der Waals surface area (Å²) in [4.78, 5) is 24.3. The van der Waals surface area contributed by atoms with Crippen molar-refractivity contribution in [3.05, 3.63) is 6.07 Å². The Morgan fingerprint density at radius 1 is 1.42 bits per heavy atom. The van der Waals surface area contributed by atoms with Crippen LogP contribution in [-0.2, 0) is 4.74 Å². The van der Waals surface area contributed by atoms with Gasteiger partial charge >= 0.3 is 6.09 Å². The molecular formula is C16H28N6O2. The molecule has 1 aromatic heterocycles. The Bertz CT molecular complexity index is 593. The molecule has 8 heteroatoms. The number of amides is 1. The van der Waals surface area contributed by atoms with Crippen LogP contribution >= 0.6 is 0 Å². The Kier molecular flexibility index (Phi) is 5.05. The number of nitrogens with one attached hydrogen (secondary N) is 1. The van der Waals surface area contributed by atoms with Gasteiger partial charge < -0.3 is 25.6 Å². The molecule has 1 aromatic rings. The minimum atomic E-state index is -0.493. The summed E-state index contributed by atoms with van der Waals surface area (Å²) in [7, 11) is 1.76. The molecule has 0 radical (unpaired) electrons. The topological polar surface area (TPSA) is 96.6 Å². The van der Waals surface area contributed by atoms with Crippen molar-refractivity contribution < 1.29 is 9.53 Å². The van der Waals surface area contributed by atoms with Crippen LogP contribution in [-0.4, -0.2) is 58.8 Å². The Hall–Kier alpha value is -2.25. The third-order valence-corrected chi connectivity index (χ3v) is 3.58. The molecule has 3 N–H and O–H groups in total. The highest BCUT2D eigenvalue weighted by Gasteiger charge is 2.35. The van der Waals surface area contributed by atoms with Gasteiger partial charge in [-0.2, -0.15) is 9.97 Å². The molecule has 0 bridgehead atoms. The smallest absolute Gasteiger partial charge is 0.410 e. The van der Waals surface area contributed by atoms with Crippen molar-refractivity contribution >= 4 is 23.7 Å². The molecule has 0 aliphatic carbocycles. The number of likely N-dealkylation sites (N-methyl/N-ethyl adjacent to an activating group) is 1. The molecule has 2 rings (SSSR count). The molecule has 0 aromatic carbocycles. The number of nitrogens with two attached hydrogens (primary N) is 1. The molecule has 134 valence electrons. The van der Waals surface area contributed by atoms with Gasteiger partial charge in [-0.05, 0) is 34.6 Å². The van der Waals surface area contributed by atoms with Gasteiger partial charge in [0.15, 0.2) is 0 Å². The van der Waals surface area contributed by atoms with Crippen LogP contribution in [0.1, 0.15) is 34.6 Å². The van der Waals surface area contributed by atoms with Gasteiger partial charge in [0.25, 0.3) is 0 Å². The maximum atomic E-state index is 12.1. The Morgan fingerprint density at radius 2 is 2.04 bits per heavy atom. The summed E-state index contributed by atoms with van der Waals surface area (Å²) in [5.74, 6) is 1.70. The predicted octanol–water partition coefficient (Wildman–Crippen LogP) is 1.93. The van der Waals surface area contributed by atoms with E-state index in [2.05, 4.69) is 20.2 Å². The SMILES string of the molecule is CC(C)Nc1cc(N2CC(N(C)C(=O)OC(C)(C)C)C2)nc(N)n1. The van der Waals surface area contributed by atoms with Gasteiger partial charge in [0.05, 0.1) is 6.04 Å². The standard InChI is InChI=1S/C16H28N6O2/c1-10(2)18-12-7-13(20-14(17)19-12)22-8-11(9-22)21(6)15(23)24-16(3,4)5/h7,10-11H,8-9H2,1-6H3,(H3,17,18,19,20). The van der Waals surface area contributed by atoms with Gasteiger partial charge in [-0.1, -0.05) is 0 Å². The highest BCUT2D eigenvalue weighted by molar-refractivity contribution is 5.69. The molecular weight excluding hydrogens is 308 g/mol. The highest BCUT2D eigenvalue weighted by atomic mass is 16.6. The number of rotatable bonds is 4. The van der Waals surface area contributed by atoms with Crippen LogP contribution < -0.4 is 16.0 Å². The number of anilines is 3. The number of carbonyl (C=O) groups is 1. The Balaban J connectivity index is 1.96. The zero-order valence-electron chi connectivity index (χ0n) is 15.3. The lowest BCUT2D eigenvalue weighted by atomic mass is 10.1. The second-order valence-electron chi connectivity index (χ2n) is 7.42. The van der Waals surface area contributed by atoms with Crippen molar-refractivity contribution in [1.29, 1.82) is 0 Å². The predicted molar refractivity (Wildman–Crippen MR) is 95.2 cm³/mol. The molecule has 2 heterocycles. The molecule has 1 amide bonds. The van der Waals surface area contributed by atoms with Crippen LogP contribution in [0.3, 0.4) is 0 Å². The number of hydrogen-bond acceptors (Lipinski definition) is 7. The molecule has 0 spiro atoms. The number of nitrogens with zero attached hydrogens (tertiary/aromatic N) is 4. The molecule has 1 aliphatic rings.